The Balaban J connectivity index is 1.36. The number of nitrogens with one attached hydrogen (secondary N) is 4. The van der Waals surface area contributed by atoms with Gasteiger partial charge in [0, 0.05) is 30.5 Å². The maximum absolute atomic E-state index is 12.4. The summed E-state index contributed by atoms with van der Waals surface area (Å²) in [7, 11) is 0. The second-order valence-electron chi connectivity index (χ2n) is 7.47. The van der Waals surface area contributed by atoms with Gasteiger partial charge in [0.2, 0.25) is 11.9 Å². The van der Waals surface area contributed by atoms with Gasteiger partial charge in [-0.3, -0.25) is 10.2 Å². The lowest BCUT2D eigenvalue weighted by atomic mass is 9.97. The molecule has 9 heteroatoms. The first-order valence-electron chi connectivity index (χ1n) is 9.94. The SMILES string of the molecule is CC1NNC(C(=O)Nc2cnc(Nc3cccc(N4CCOCC4)c3)nc2)C1C. The van der Waals surface area contributed by atoms with Gasteiger partial charge >= 0.3 is 0 Å². The van der Waals surface area contributed by atoms with Crippen LogP contribution in [0.25, 0.3) is 0 Å². The number of hydrazine groups is 1. The molecule has 0 bridgehead atoms. The Morgan fingerprint density at radius 1 is 1.14 bits per heavy atom. The molecule has 154 valence electrons. The molecule has 0 aliphatic carbocycles. The number of hydrogen-bond donors (Lipinski definition) is 4. The van der Waals surface area contributed by atoms with Crippen LogP contribution >= 0.6 is 0 Å². The summed E-state index contributed by atoms with van der Waals surface area (Å²) in [6.45, 7) is 7.35. The van der Waals surface area contributed by atoms with Gasteiger partial charge in [-0.2, -0.15) is 0 Å². The summed E-state index contributed by atoms with van der Waals surface area (Å²) < 4.78 is 5.41. The number of ether oxygens (including phenoxy) is 1. The van der Waals surface area contributed by atoms with Gasteiger partial charge in [0.25, 0.3) is 0 Å². The second kappa shape index (κ2) is 8.73. The van der Waals surface area contributed by atoms with Gasteiger partial charge in [-0.15, -0.1) is 0 Å². The molecule has 0 spiro atoms. The van der Waals surface area contributed by atoms with Crippen molar-refractivity contribution in [3.8, 4) is 0 Å². The molecule has 2 aliphatic rings. The van der Waals surface area contributed by atoms with Crippen molar-refractivity contribution < 1.29 is 9.53 Å². The van der Waals surface area contributed by atoms with Gasteiger partial charge in [-0.1, -0.05) is 13.0 Å². The van der Waals surface area contributed by atoms with E-state index in [0.717, 1.165) is 37.7 Å². The Hall–Kier alpha value is -2.75. The van der Waals surface area contributed by atoms with E-state index >= 15 is 0 Å². The van der Waals surface area contributed by atoms with Crippen LogP contribution in [-0.2, 0) is 9.53 Å². The van der Waals surface area contributed by atoms with E-state index in [1.807, 2.05) is 26.0 Å². The average molecular weight is 397 g/mol. The van der Waals surface area contributed by atoms with Crippen LogP contribution in [0.15, 0.2) is 36.7 Å². The number of benzene rings is 1. The van der Waals surface area contributed by atoms with Crippen LogP contribution in [0.1, 0.15) is 13.8 Å². The van der Waals surface area contributed by atoms with E-state index in [1.54, 1.807) is 12.4 Å². The molecule has 3 unspecified atom stereocenters. The van der Waals surface area contributed by atoms with Crippen LogP contribution in [0, 0.1) is 5.92 Å². The predicted octanol–water partition coefficient (Wildman–Crippen LogP) is 1.50. The fraction of sp³-hybridized carbons (Fsp3) is 0.450. The molecule has 29 heavy (non-hydrogen) atoms. The first-order chi connectivity index (χ1) is 14.1. The van der Waals surface area contributed by atoms with E-state index in [2.05, 4.69) is 48.5 Å². The van der Waals surface area contributed by atoms with Crippen LogP contribution < -0.4 is 26.4 Å². The fourth-order valence-electron chi connectivity index (χ4n) is 3.49. The van der Waals surface area contributed by atoms with Crippen molar-refractivity contribution in [1.29, 1.82) is 0 Å². The van der Waals surface area contributed by atoms with E-state index in [0.29, 0.717) is 11.6 Å². The smallest absolute Gasteiger partial charge is 0.243 e. The van der Waals surface area contributed by atoms with Crippen molar-refractivity contribution >= 4 is 28.9 Å². The lowest BCUT2D eigenvalue weighted by Gasteiger charge is -2.29. The van der Waals surface area contributed by atoms with Crippen molar-refractivity contribution in [2.75, 3.05) is 41.8 Å². The van der Waals surface area contributed by atoms with Crippen LogP contribution in [-0.4, -0.2) is 54.3 Å². The number of carbonyl (C=O) groups excluding carboxylic acids is 1. The molecule has 3 heterocycles. The number of nitrogens with zero attached hydrogens (tertiary/aromatic N) is 3. The zero-order valence-corrected chi connectivity index (χ0v) is 16.7. The van der Waals surface area contributed by atoms with Gasteiger partial charge < -0.3 is 20.3 Å². The zero-order valence-electron chi connectivity index (χ0n) is 16.7. The van der Waals surface area contributed by atoms with E-state index in [-0.39, 0.29) is 23.9 Å². The Kier molecular flexibility index (Phi) is 5.89. The largest absolute Gasteiger partial charge is 0.378 e. The molecule has 2 aliphatic heterocycles. The van der Waals surface area contributed by atoms with Crippen molar-refractivity contribution in [3.63, 3.8) is 0 Å². The second-order valence-corrected chi connectivity index (χ2v) is 7.47. The molecule has 0 radical (unpaired) electrons. The van der Waals surface area contributed by atoms with E-state index in [4.69, 9.17) is 4.74 Å². The molecule has 1 aromatic carbocycles. The minimum atomic E-state index is -0.286. The predicted molar refractivity (Wildman–Crippen MR) is 112 cm³/mol. The van der Waals surface area contributed by atoms with Gasteiger partial charge in [0.05, 0.1) is 31.3 Å². The average Bonchev–Trinajstić information content (AvgIpc) is 3.09. The Labute approximate surface area is 170 Å². The first kappa shape index (κ1) is 19.6. The maximum Gasteiger partial charge on any atom is 0.243 e. The first-order valence-corrected chi connectivity index (χ1v) is 9.94. The van der Waals surface area contributed by atoms with Crippen molar-refractivity contribution in [2.24, 2.45) is 5.92 Å². The van der Waals surface area contributed by atoms with Crippen molar-refractivity contribution in [3.05, 3.63) is 36.7 Å². The molecule has 4 N–H and O–H groups in total. The molecule has 2 aromatic rings. The van der Waals surface area contributed by atoms with Crippen molar-refractivity contribution in [2.45, 2.75) is 25.9 Å². The summed E-state index contributed by atoms with van der Waals surface area (Å²) in [6, 6.07) is 8.10. The van der Waals surface area contributed by atoms with Crippen LogP contribution in [0.3, 0.4) is 0 Å². The molecule has 3 atom stereocenters. The lowest BCUT2D eigenvalue weighted by Crippen LogP contribution is -2.41. The highest BCUT2D eigenvalue weighted by Crippen LogP contribution is 2.22. The third-order valence-electron chi connectivity index (χ3n) is 5.46. The lowest BCUT2D eigenvalue weighted by molar-refractivity contribution is -0.118. The molecular weight excluding hydrogens is 370 g/mol. The van der Waals surface area contributed by atoms with Crippen molar-refractivity contribution in [1.82, 2.24) is 20.8 Å². The fourth-order valence-corrected chi connectivity index (χ4v) is 3.49. The van der Waals surface area contributed by atoms with Crippen LogP contribution in [0.5, 0.6) is 0 Å². The standard InChI is InChI=1S/C20H27N7O2/c1-13-14(2)25-26-18(13)19(28)23-16-11-21-20(22-12-16)24-15-4-3-5-17(10-15)27-6-8-29-9-7-27/h3-5,10-14,18,25-26H,6-9H2,1-2H3,(H,23,28)(H,21,22,24). The van der Waals surface area contributed by atoms with Gasteiger partial charge in [0.1, 0.15) is 6.04 Å². The Morgan fingerprint density at radius 3 is 2.59 bits per heavy atom. The number of anilines is 4. The summed E-state index contributed by atoms with van der Waals surface area (Å²) in [6.07, 6.45) is 3.21. The molecule has 2 fully saturated rings. The summed E-state index contributed by atoms with van der Waals surface area (Å²) in [5.74, 6) is 0.567. The minimum Gasteiger partial charge on any atom is -0.378 e. The summed E-state index contributed by atoms with van der Waals surface area (Å²) in [5.41, 5.74) is 8.73. The molecule has 0 saturated carbocycles. The number of hydrogen-bond acceptors (Lipinski definition) is 8. The molecular formula is C20H27N7O2. The molecule has 9 nitrogen and oxygen atoms in total. The third kappa shape index (κ3) is 4.64. The molecule has 1 aromatic heterocycles. The topological polar surface area (TPSA) is 103 Å². The van der Waals surface area contributed by atoms with Crippen LogP contribution in [0.2, 0.25) is 0 Å². The highest BCUT2D eigenvalue weighted by atomic mass is 16.5. The third-order valence-corrected chi connectivity index (χ3v) is 5.46. The quantitative estimate of drug-likeness (QED) is 0.602. The van der Waals surface area contributed by atoms with Gasteiger partial charge in [-0.05, 0) is 31.0 Å². The highest BCUT2D eigenvalue weighted by molar-refractivity contribution is 5.95. The maximum atomic E-state index is 12.4. The highest BCUT2D eigenvalue weighted by Gasteiger charge is 2.34. The molecule has 1 amide bonds. The number of carbonyl (C=O) groups is 1. The van der Waals surface area contributed by atoms with E-state index < -0.39 is 0 Å². The van der Waals surface area contributed by atoms with Gasteiger partial charge in [0.15, 0.2) is 0 Å². The van der Waals surface area contributed by atoms with Crippen LogP contribution in [0.4, 0.5) is 23.0 Å². The van der Waals surface area contributed by atoms with Gasteiger partial charge in [-0.25, -0.2) is 15.4 Å². The Bertz CT molecular complexity index is 839. The van der Waals surface area contributed by atoms with E-state index in [9.17, 15) is 4.79 Å². The Morgan fingerprint density at radius 2 is 1.90 bits per heavy atom. The number of aromatic nitrogens is 2. The molecule has 2 saturated heterocycles. The normalized spacial score (nSPS) is 24.3. The zero-order chi connectivity index (χ0) is 20.2. The summed E-state index contributed by atoms with van der Waals surface area (Å²) >= 11 is 0. The molecule has 4 rings (SSSR count). The number of rotatable bonds is 5. The number of amides is 1. The summed E-state index contributed by atoms with van der Waals surface area (Å²) in [5, 5.41) is 6.08. The van der Waals surface area contributed by atoms with E-state index in [1.165, 1.54) is 0 Å². The number of morpholine rings is 1. The summed E-state index contributed by atoms with van der Waals surface area (Å²) in [4.78, 5) is 23.4. The minimum absolute atomic E-state index is 0.100. The monoisotopic (exact) mass is 397 g/mol.